The normalized spacial score (nSPS) is 16.8. The summed E-state index contributed by atoms with van der Waals surface area (Å²) in [5, 5.41) is 10.2. The fraction of sp³-hybridized carbons (Fsp3) is 0.533. The Bertz CT molecular complexity index is 507. The molecule has 0 bridgehead atoms. The maximum absolute atomic E-state index is 12.3. The number of carbonyl (C=O) groups is 1. The summed E-state index contributed by atoms with van der Waals surface area (Å²) in [5.74, 6) is 1.15. The van der Waals surface area contributed by atoms with Gasteiger partial charge in [0.1, 0.15) is 5.60 Å². The standard InChI is InChI=1S/C15H21NO4/c1-10(2)15(18)8-16(9-15)14(17)11-5-6-12(19-3)13(7-11)20-4/h5-7,10,18H,8-9H2,1-4H3. The average Bonchev–Trinajstić information content (AvgIpc) is 2.42. The van der Waals surface area contributed by atoms with E-state index in [4.69, 9.17) is 9.47 Å². The van der Waals surface area contributed by atoms with Crippen molar-refractivity contribution in [2.75, 3.05) is 27.3 Å². The van der Waals surface area contributed by atoms with Gasteiger partial charge in [0.2, 0.25) is 0 Å². The molecule has 0 saturated carbocycles. The monoisotopic (exact) mass is 279 g/mol. The molecule has 0 spiro atoms. The molecule has 0 aliphatic carbocycles. The Morgan fingerprint density at radius 1 is 1.25 bits per heavy atom. The van der Waals surface area contributed by atoms with Gasteiger partial charge in [-0.2, -0.15) is 0 Å². The molecule has 0 aromatic heterocycles. The molecular weight excluding hydrogens is 258 g/mol. The van der Waals surface area contributed by atoms with Crippen LogP contribution in [0.15, 0.2) is 18.2 Å². The number of ether oxygens (including phenoxy) is 2. The Kier molecular flexibility index (Phi) is 3.90. The molecule has 20 heavy (non-hydrogen) atoms. The third-order valence-corrected chi connectivity index (χ3v) is 3.92. The zero-order valence-electron chi connectivity index (χ0n) is 12.3. The molecule has 5 heteroatoms. The molecule has 1 fully saturated rings. The summed E-state index contributed by atoms with van der Waals surface area (Å²) in [7, 11) is 3.09. The second-order valence-electron chi connectivity index (χ2n) is 5.49. The second-order valence-corrected chi connectivity index (χ2v) is 5.49. The summed E-state index contributed by atoms with van der Waals surface area (Å²) in [6.45, 7) is 4.66. The molecule has 0 unspecified atom stereocenters. The van der Waals surface area contributed by atoms with Gasteiger partial charge in [-0.05, 0) is 24.1 Å². The van der Waals surface area contributed by atoms with E-state index in [9.17, 15) is 9.90 Å². The molecule has 1 amide bonds. The molecule has 110 valence electrons. The van der Waals surface area contributed by atoms with E-state index in [2.05, 4.69) is 0 Å². The Labute approximate surface area is 119 Å². The number of hydrogen-bond donors (Lipinski definition) is 1. The minimum atomic E-state index is -0.758. The summed E-state index contributed by atoms with van der Waals surface area (Å²) in [4.78, 5) is 14.0. The lowest BCUT2D eigenvalue weighted by atomic mass is 9.82. The van der Waals surface area contributed by atoms with Crippen LogP contribution in [0, 0.1) is 5.92 Å². The van der Waals surface area contributed by atoms with Crippen molar-refractivity contribution in [1.29, 1.82) is 0 Å². The van der Waals surface area contributed by atoms with E-state index in [1.807, 2.05) is 13.8 Å². The predicted molar refractivity (Wildman–Crippen MR) is 75.2 cm³/mol. The number of β-amino-alcohol motifs (C(OH)–C–C–N with tert-alkyl or cyclic N) is 1. The highest BCUT2D eigenvalue weighted by Crippen LogP contribution is 2.32. The summed E-state index contributed by atoms with van der Waals surface area (Å²) in [6, 6.07) is 5.07. The third kappa shape index (κ3) is 2.45. The maximum Gasteiger partial charge on any atom is 0.254 e. The molecule has 1 aliphatic rings. The van der Waals surface area contributed by atoms with E-state index in [0.717, 1.165) is 0 Å². The minimum absolute atomic E-state index is 0.101. The van der Waals surface area contributed by atoms with Crippen LogP contribution in [0.1, 0.15) is 24.2 Å². The molecule has 1 aromatic rings. The van der Waals surface area contributed by atoms with Gasteiger partial charge in [-0.25, -0.2) is 0 Å². The molecule has 5 nitrogen and oxygen atoms in total. The maximum atomic E-state index is 12.3. The van der Waals surface area contributed by atoms with Gasteiger partial charge in [0.05, 0.1) is 27.3 Å². The summed E-state index contributed by atoms with van der Waals surface area (Å²) < 4.78 is 10.3. The quantitative estimate of drug-likeness (QED) is 0.908. The topological polar surface area (TPSA) is 59.0 Å². The zero-order valence-corrected chi connectivity index (χ0v) is 12.3. The molecule has 1 aromatic carbocycles. The van der Waals surface area contributed by atoms with Crippen molar-refractivity contribution in [2.45, 2.75) is 19.4 Å². The van der Waals surface area contributed by atoms with E-state index in [1.165, 1.54) is 7.11 Å². The molecule has 1 saturated heterocycles. The Hall–Kier alpha value is -1.75. The van der Waals surface area contributed by atoms with Gasteiger partial charge in [-0.1, -0.05) is 13.8 Å². The van der Waals surface area contributed by atoms with E-state index in [0.29, 0.717) is 30.2 Å². The first-order valence-electron chi connectivity index (χ1n) is 6.65. The van der Waals surface area contributed by atoms with Crippen molar-refractivity contribution in [1.82, 2.24) is 4.90 Å². The van der Waals surface area contributed by atoms with Crippen molar-refractivity contribution in [3.63, 3.8) is 0 Å². The molecule has 0 radical (unpaired) electrons. The number of likely N-dealkylation sites (tertiary alicyclic amines) is 1. The van der Waals surface area contributed by atoms with E-state index < -0.39 is 5.60 Å². The largest absolute Gasteiger partial charge is 0.493 e. The smallest absolute Gasteiger partial charge is 0.254 e. The SMILES string of the molecule is COc1ccc(C(=O)N2CC(O)(C(C)C)C2)cc1OC. The first kappa shape index (κ1) is 14.7. The van der Waals surface area contributed by atoms with Crippen LogP contribution in [0.5, 0.6) is 11.5 Å². The molecule has 0 atom stereocenters. The van der Waals surface area contributed by atoms with Crippen LogP contribution in [0.2, 0.25) is 0 Å². The lowest BCUT2D eigenvalue weighted by molar-refractivity contribution is -0.110. The van der Waals surface area contributed by atoms with Crippen molar-refractivity contribution in [3.05, 3.63) is 23.8 Å². The number of aliphatic hydroxyl groups is 1. The van der Waals surface area contributed by atoms with Crippen molar-refractivity contribution >= 4 is 5.91 Å². The van der Waals surface area contributed by atoms with Crippen LogP contribution in [0.4, 0.5) is 0 Å². The fourth-order valence-electron chi connectivity index (χ4n) is 2.28. The number of hydrogen-bond acceptors (Lipinski definition) is 4. The van der Waals surface area contributed by atoms with E-state index in [-0.39, 0.29) is 11.8 Å². The highest BCUT2D eigenvalue weighted by molar-refractivity contribution is 5.95. The Morgan fingerprint density at radius 3 is 2.35 bits per heavy atom. The van der Waals surface area contributed by atoms with Crippen molar-refractivity contribution < 1.29 is 19.4 Å². The van der Waals surface area contributed by atoms with Gasteiger partial charge >= 0.3 is 0 Å². The first-order valence-corrected chi connectivity index (χ1v) is 6.65. The van der Waals surface area contributed by atoms with Crippen molar-refractivity contribution in [3.8, 4) is 11.5 Å². The first-order chi connectivity index (χ1) is 9.41. The Balaban J connectivity index is 2.12. The van der Waals surface area contributed by atoms with Crippen LogP contribution in [-0.2, 0) is 0 Å². The van der Waals surface area contributed by atoms with Gasteiger partial charge in [0.25, 0.3) is 5.91 Å². The average molecular weight is 279 g/mol. The molecule has 1 aliphatic heterocycles. The predicted octanol–water partition coefficient (Wildman–Crippen LogP) is 1.55. The summed E-state index contributed by atoms with van der Waals surface area (Å²) >= 11 is 0. The molecule has 1 N–H and O–H groups in total. The lowest BCUT2D eigenvalue weighted by Gasteiger charge is -2.49. The highest BCUT2D eigenvalue weighted by atomic mass is 16.5. The van der Waals surface area contributed by atoms with Gasteiger partial charge in [0, 0.05) is 5.56 Å². The van der Waals surface area contributed by atoms with Gasteiger partial charge in [-0.3, -0.25) is 4.79 Å². The number of methoxy groups -OCH3 is 2. The Morgan fingerprint density at radius 2 is 1.85 bits per heavy atom. The van der Waals surface area contributed by atoms with Crippen LogP contribution in [0.25, 0.3) is 0 Å². The van der Waals surface area contributed by atoms with Gasteiger partial charge < -0.3 is 19.5 Å². The van der Waals surface area contributed by atoms with Crippen LogP contribution < -0.4 is 9.47 Å². The number of amides is 1. The van der Waals surface area contributed by atoms with Crippen LogP contribution in [-0.4, -0.2) is 48.8 Å². The number of benzene rings is 1. The number of carbonyl (C=O) groups excluding carboxylic acids is 1. The van der Waals surface area contributed by atoms with E-state index in [1.54, 1.807) is 30.2 Å². The summed E-state index contributed by atoms with van der Waals surface area (Å²) in [6.07, 6.45) is 0. The number of nitrogens with zero attached hydrogens (tertiary/aromatic N) is 1. The van der Waals surface area contributed by atoms with Crippen LogP contribution in [0.3, 0.4) is 0 Å². The third-order valence-electron chi connectivity index (χ3n) is 3.92. The van der Waals surface area contributed by atoms with Gasteiger partial charge in [-0.15, -0.1) is 0 Å². The second kappa shape index (κ2) is 5.32. The fourth-order valence-corrected chi connectivity index (χ4v) is 2.28. The van der Waals surface area contributed by atoms with E-state index >= 15 is 0 Å². The summed E-state index contributed by atoms with van der Waals surface area (Å²) in [5.41, 5.74) is -0.222. The van der Waals surface area contributed by atoms with Gasteiger partial charge in [0.15, 0.2) is 11.5 Å². The van der Waals surface area contributed by atoms with Crippen molar-refractivity contribution in [2.24, 2.45) is 5.92 Å². The lowest BCUT2D eigenvalue weighted by Crippen LogP contribution is -2.65. The number of rotatable bonds is 4. The zero-order chi connectivity index (χ0) is 14.9. The minimum Gasteiger partial charge on any atom is -0.493 e. The molecule has 1 heterocycles. The molecular formula is C15H21NO4. The highest BCUT2D eigenvalue weighted by Gasteiger charge is 2.45. The molecule has 2 rings (SSSR count). The van der Waals surface area contributed by atoms with Crippen LogP contribution >= 0.6 is 0 Å².